The van der Waals surface area contributed by atoms with Gasteiger partial charge in [0.25, 0.3) is 0 Å². The average Bonchev–Trinajstić information content (AvgIpc) is 3.04. The average molecular weight is 378 g/mol. The van der Waals surface area contributed by atoms with Crippen LogP contribution in [0.1, 0.15) is 103 Å². The molecule has 1 aliphatic rings. The van der Waals surface area contributed by atoms with E-state index in [0.29, 0.717) is 6.42 Å². The standard InChI is InChI=1S/C23H43BO3/c1-2-3-4-5-6-7-8-9-10-11-12-13-14-15-16-17-18-26-22-19-21(20-25)27-23(22)24/h9-10,21-23,25H,2-8,11-20H2,1H3/b10-9-/t21-,22+,23+/m0/s1. The van der Waals surface area contributed by atoms with Gasteiger partial charge in [-0.25, -0.2) is 0 Å². The molecule has 0 aromatic carbocycles. The molecule has 1 fully saturated rings. The lowest BCUT2D eigenvalue weighted by Crippen LogP contribution is -2.24. The summed E-state index contributed by atoms with van der Waals surface area (Å²) in [5.41, 5.74) is 0. The lowest BCUT2D eigenvalue weighted by atomic mass is 9.94. The number of aliphatic hydroxyl groups is 1. The molecule has 1 rings (SSSR count). The first-order valence-corrected chi connectivity index (χ1v) is 11.6. The summed E-state index contributed by atoms with van der Waals surface area (Å²) in [4.78, 5) is 0. The van der Waals surface area contributed by atoms with Crippen molar-refractivity contribution in [2.75, 3.05) is 13.2 Å². The highest BCUT2D eigenvalue weighted by atomic mass is 16.6. The molecule has 2 radical (unpaired) electrons. The minimum absolute atomic E-state index is 0.0296. The van der Waals surface area contributed by atoms with Crippen LogP contribution in [-0.4, -0.2) is 44.4 Å². The third-order valence-corrected chi connectivity index (χ3v) is 5.40. The minimum atomic E-state index is -0.378. The van der Waals surface area contributed by atoms with Crippen LogP contribution in [0.5, 0.6) is 0 Å². The van der Waals surface area contributed by atoms with Crippen molar-refractivity contribution in [2.45, 2.75) is 121 Å². The van der Waals surface area contributed by atoms with Gasteiger partial charge in [-0.1, -0.05) is 76.9 Å². The maximum absolute atomic E-state index is 9.08. The number of allylic oxidation sites excluding steroid dienone is 2. The van der Waals surface area contributed by atoms with E-state index in [1.165, 1.54) is 83.5 Å². The van der Waals surface area contributed by atoms with Gasteiger partial charge >= 0.3 is 0 Å². The Balaban J connectivity index is 1.77. The van der Waals surface area contributed by atoms with E-state index in [-0.39, 0.29) is 24.8 Å². The second-order valence-corrected chi connectivity index (χ2v) is 7.99. The van der Waals surface area contributed by atoms with Gasteiger partial charge in [0.05, 0.1) is 18.8 Å². The van der Waals surface area contributed by atoms with E-state index in [9.17, 15) is 0 Å². The molecule has 1 aliphatic heterocycles. The molecule has 27 heavy (non-hydrogen) atoms. The van der Waals surface area contributed by atoms with Crippen molar-refractivity contribution in [1.29, 1.82) is 0 Å². The van der Waals surface area contributed by atoms with E-state index in [1.54, 1.807) is 0 Å². The molecule has 3 atom stereocenters. The monoisotopic (exact) mass is 378 g/mol. The van der Waals surface area contributed by atoms with Crippen molar-refractivity contribution in [2.24, 2.45) is 0 Å². The summed E-state index contributed by atoms with van der Waals surface area (Å²) < 4.78 is 11.2. The summed E-state index contributed by atoms with van der Waals surface area (Å²) in [5, 5.41) is 9.08. The van der Waals surface area contributed by atoms with Crippen molar-refractivity contribution in [1.82, 2.24) is 0 Å². The quantitative estimate of drug-likeness (QED) is 0.189. The first kappa shape index (κ1) is 24.7. The second-order valence-electron chi connectivity index (χ2n) is 7.99. The summed E-state index contributed by atoms with van der Waals surface area (Å²) in [6, 6.07) is -0.378. The molecule has 156 valence electrons. The summed E-state index contributed by atoms with van der Waals surface area (Å²) >= 11 is 0. The van der Waals surface area contributed by atoms with Gasteiger partial charge in [0, 0.05) is 19.0 Å². The van der Waals surface area contributed by atoms with E-state index in [4.69, 9.17) is 22.4 Å². The second kappa shape index (κ2) is 17.8. The molecule has 0 aromatic heterocycles. The molecule has 0 bridgehead atoms. The van der Waals surface area contributed by atoms with Gasteiger partial charge in [0.2, 0.25) is 0 Å². The molecule has 0 amide bonds. The van der Waals surface area contributed by atoms with Gasteiger partial charge in [0.15, 0.2) is 0 Å². The maximum Gasteiger partial charge on any atom is 0.112 e. The van der Waals surface area contributed by atoms with Crippen LogP contribution in [-0.2, 0) is 9.47 Å². The topological polar surface area (TPSA) is 38.7 Å². The molecule has 1 heterocycles. The predicted octanol–water partition coefficient (Wildman–Crippen LogP) is 5.68. The van der Waals surface area contributed by atoms with Crippen LogP contribution in [0.4, 0.5) is 0 Å². The summed E-state index contributed by atoms with van der Waals surface area (Å²) in [6.45, 7) is 3.05. The van der Waals surface area contributed by atoms with Crippen LogP contribution < -0.4 is 0 Å². The lowest BCUT2D eigenvalue weighted by Gasteiger charge is -2.15. The highest BCUT2D eigenvalue weighted by Crippen LogP contribution is 2.21. The highest BCUT2D eigenvalue weighted by Gasteiger charge is 2.31. The number of aliphatic hydroxyl groups excluding tert-OH is 1. The summed E-state index contributed by atoms with van der Waals surface area (Å²) in [7, 11) is 5.85. The van der Waals surface area contributed by atoms with Crippen molar-refractivity contribution in [3.05, 3.63) is 12.2 Å². The third kappa shape index (κ3) is 13.5. The van der Waals surface area contributed by atoms with Gasteiger partial charge in [-0.3, -0.25) is 0 Å². The molecular weight excluding hydrogens is 335 g/mol. The Bertz CT molecular complexity index is 349. The zero-order valence-corrected chi connectivity index (χ0v) is 17.7. The van der Waals surface area contributed by atoms with E-state index >= 15 is 0 Å². The zero-order chi connectivity index (χ0) is 19.6. The minimum Gasteiger partial charge on any atom is -0.394 e. The fraction of sp³-hybridized carbons (Fsp3) is 0.913. The van der Waals surface area contributed by atoms with Gasteiger partial charge in [-0.05, 0) is 32.1 Å². The smallest absolute Gasteiger partial charge is 0.112 e. The van der Waals surface area contributed by atoms with Crippen LogP contribution in [0.3, 0.4) is 0 Å². The summed E-state index contributed by atoms with van der Waals surface area (Å²) in [5.74, 6) is 0. The van der Waals surface area contributed by atoms with Crippen LogP contribution in [0.25, 0.3) is 0 Å². The number of hydrogen-bond acceptors (Lipinski definition) is 3. The highest BCUT2D eigenvalue weighted by molar-refractivity contribution is 6.11. The van der Waals surface area contributed by atoms with Crippen molar-refractivity contribution in [3.63, 3.8) is 0 Å². The molecule has 1 saturated heterocycles. The summed E-state index contributed by atoms with van der Waals surface area (Å²) in [6.07, 6.45) is 23.7. The van der Waals surface area contributed by atoms with Gasteiger partial charge in [-0.2, -0.15) is 0 Å². The number of ether oxygens (including phenoxy) is 2. The van der Waals surface area contributed by atoms with Gasteiger partial charge in [-0.15, -0.1) is 0 Å². The molecule has 0 aromatic rings. The van der Waals surface area contributed by atoms with Gasteiger partial charge < -0.3 is 14.6 Å². The Kier molecular flexibility index (Phi) is 16.3. The molecular formula is C23H43BO3. The largest absolute Gasteiger partial charge is 0.394 e. The molecule has 4 heteroatoms. The molecule has 1 N–H and O–H groups in total. The van der Waals surface area contributed by atoms with Crippen LogP contribution >= 0.6 is 0 Å². The fourth-order valence-electron chi connectivity index (χ4n) is 3.62. The first-order valence-electron chi connectivity index (χ1n) is 11.6. The van der Waals surface area contributed by atoms with Crippen molar-refractivity contribution >= 4 is 7.85 Å². The van der Waals surface area contributed by atoms with E-state index < -0.39 is 0 Å². The van der Waals surface area contributed by atoms with Crippen molar-refractivity contribution < 1.29 is 14.6 Å². The molecule has 0 unspecified atom stereocenters. The normalized spacial score (nSPS) is 22.8. The van der Waals surface area contributed by atoms with Crippen LogP contribution in [0.2, 0.25) is 0 Å². The molecule has 3 nitrogen and oxygen atoms in total. The Labute approximate surface area is 169 Å². The van der Waals surface area contributed by atoms with E-state index in [2.05, 4.69) is 19.1 Å². The first-order chi connectivity index (χ1) is 13.3. The predicted molar refractivity (Wildman–Crippen MR) is 115 cm³/mol. The molecule has 0 saturated carbocycles. The van der Waals surface area contributed by atoms with Crippen LogP contribution in [0, 0.1) is 0 Å². The molecule has 0 spiro atoms. The Morgan fingerprint density at radius 2 is 1.44 bits per heavy atom. The molecule has 0 aliphatic carbocycles. The zero-order valence-electron chi connectivity index (χ0n) is 17.7. The third-order valence-electron chi connectivity index (χ3n) is 5.40. The van der Waals surface area contributed by atoms with Gasteiger partial charge in [0.1, 0.15) is 7.85 Å². The Morgan fingerprint density at radius 1 is 0.889 bits per heavy atom. The van der Waals surface area contributed by atoms with E-state index in [1.807, 2.05) is 0 Å². The number of rotatable bonds is 18. The Morgan fingerprint density at radius 3 is 2.00 bits per heavy atom. The maximum atomic E-state index is 9.08. The lowest BCUT2D eigenvalue weighted by molar-refractivity contribution is 0.00621. The Hall–Kier alpha value is -0.315. The van der Waals surface area contributed by atoms with E-state index in [0.717, 1.165) is 13.0 Å². The SMILES string of the molecule is [B][C@@H]1O[C@H](CO)C[C@H]1OCCCCCCCC/C=C\CCCCCCCC. The number of hydrogen-bond donors (Lipinski definition) is 1. The van der Waals surface area contributed by atoms with Crippen LogP contribution in [0.15, 0.2) is 12.2 Å². The fourth-order valence-corrected chi connectivity index (χ4v) is 3.62. The number of unbranched alkanes of at least 4 members (excludes halogenated alkanes) is 12. The van der Waals surface area contributed by atoms with Crippen molar-refractivity contribution in [3.8, 4) is 0 Å².